The van der Waals surface area contributed by atoms with Gasteiger partial charge in [-0.2, -0.15) is 0 Å². The van der Waals surface area contributed by atoms with Crippen molar-refractivity contribution in [3.63, 3.8) is 0 Å². The van der Waals surface area contributed by atoms with Crippen LogP contribution < -0.4 is 9.64 Å². The molecule has 0 bridgehead atoms. The van der Waals surface area contributed by atoms with E-state index in [1.807, 2.05) is 24.3 Å². The molecule has 2 aromatic carbocycles. The van der Waals surface area contributed by atoms with Crippen LogP contribution in [0.5, 0.6) is 5.75 Å². The zero-order valence-corrected chi connectivity index (χ0v) is 16.9. The van der Waals surface area contributed by atoms with Crippen molar-refractivity contribution < 1.29 is 4.74 Å². The molecule has 1 aromatic heterocycles. The van der Waals surface area contributed by atoms with Crippen molar-refractivity contribution in [1.82, 2.24) is 9.47 Å². The van der Waals surface area contributed by atoms with Crippen LogP contribution in [0.25, 0.3) is 10.9 Å². The number of rotatable bonds is 5. The third kappa shape index (κ3) is 4.03. The minimum Gasteiger partial charge on any atom is -0.497 e. The summed E-state index contributed by atoms with van der Waals surface area (Å²) < 4.78 is 7.67. The fourth-order valence-electron chi connectivity index (χ4n) is 3.68. The topological polar surface area (TPSA) is 20.6 Å². The Bertz CT molecular complexity index is 932. The monoisotopic (exact) mass is 403 g/mol. The van der Waals surface area contributed by atoms with Gasteiger partial charge in [0.15, 0.2) is 0 Å². The van der Waals surface area contributed by atoms with Gasteiger partial charge in [-0.3, -0.25) is 4.90 Å². The van der Waals surface area contributed by atoms with Crippen LogP contribution in [-0.2, 0) is 6.54 Å². The van der Waals surface area contributed by atoms with Crippen LogP contribution >= 0.6 is 23.2 Å². The molecule has 0 aliphatic carbocycles. The Morgan fingerprint density at radius 3 is 2.48 bits per heavy atom. The first-order valence-corrected chi connectivity index (χ1v) is 9.95. The SMILES string of the molecule is COc1ccc2ccn(CCN3CCN(c4ccc(Cl)cc4Cl)CC3)c2c1. The third-order valence-corrected chi connectivity index (χ3v) is 5.80. The molecule has 3 aromatic rings. The molecule has 0 unspecified atom stereocenters. The van der Waals surface area contributed by atoms with Gasteiger partial charge in [-0.15, -0.1) is 0 Å². The van der Waals surface area contributed by atoms with Crippen molar-refractivity contribution >= 4 is 39.8 Å². The van der Waals surface area contributed by atoms with E-state index in [0.717, 1.165) is 55.7 Å². The third-order valence-electron chi connectivity index (χ3n) is 5.26. The lowest BCUT2D eigenvalue weighted by Crippen LogP contribution is -2.47. The Balaban J connectivity index is 1.36. The maximum absolute atomic E-state index is 6.35. The second kappa shape index (κ2) is 8.01. The largest absolute Gasteiger partial charge is 0.497 e. The van der Waals surface area contributed by atoms with Crippen molar-refractivity contribution in [3.05, 3.63) is 58.7 Å². The molecule has 1 saturated heterocycles. The maximum atomic E-state index is 6.35. The molecular weight excluding hydrogens is 381 g/mol. The minimum atomic E-state index is 0.679. The quantitative estimate of drug-likeness (QED) is 0.611. The number of methoxy groups -OCH3 is 1. The summed E-state index contributed by atoms with van der Waals surface area (Å²) in [5.74, 6) is 0.899. The lowest BCUT2D eigenvalue weighted by atomic mass is 10.2. The zero-order chi connectivity index (χ0) is 18.8. The van der Waals surface area contributed by atoms with Crippen LogP contribution in [0, 0.1) is 0 Å². The van der Waals surface area contributed by atoms with Gasteiger partial charge in [-0.25, -0.2) is 0 Å². The second-order valence-corrected chi connectivity index (χ2v) is 7.70. The summed E-state index contributed by atoms with van der Waals surface area (Å²) >= 11 is 12.4. The Morgan fingerprint density at radius 1 is 0.926 bits per heavy atom. The molecule has 0 spiro atoms. The van der Waals surface area contributed by atoms with E-state index in [9.17, 15) is 0 Å². The highest BCUT2D eigenvalue weighted by atomic mass is 35.5. The van der Waals surface area contributed by atoms with Crippen LogP contribution in [0.1, 0.15) is 0 Å². The number of piperazine rings is 1. The predicted molar refractivity (Wildman–Crippen MR) is 114 cm³/mol. The van der Waals surface area contributed by atoms with Crippen LogP contribution in [0.15, 0.2) is 48.7 Å². The molecule has 1 aliphatic rings. The number of halogens is 2. The van der Waals surface area contributed by atoms with Crippen LogP contribution in [0.3, 0.4) is 0 Å². The molecule has 1 aliphatic heterocycles. The molecule has 4 rings (SSSR count). The van der Waals surface area contributed by atoms with Gasteiger partial charge >= 0.3 is 0 Å². The summed E-state index contributed by atoms with van der Waals surface area (Å²) in [4.78, 5) is 4.84. The molecule has 0 saturated carbocycles. The van der Waals surface area contributed by atoms with Gasteiger partial charge < -0.3 is 14.2 Å². The number of anilines is 1. The number of aromatic nitrogens is 1. The molecule has 1 fully saturated rings. The Hall–Kier alpha value is -1.88. The molecular formula is C21H23Cl2N3O. The number of hydrogen-bond donors (Lipinski definition) is 0. The fourth-order valence-corrected chi connectivity index (χ4v) is 4.21. The first-order chi connectivity index (χ1) is 13.1. The van der Waals surface area contributed by atoms with Gasteiger partial charge in [0.25, 0.3) is 0 Å². The van der Waals surface area contributed by atoms with Crippen molar-refractivity contribution in [1.29, 1.82) is 0 Å². The predicted octanol–water partition coefficient (Wildman–Crippen LogP) is 4.78. The molecule has 4 nitrogen and oxygen atoms in total. The van der Waals surface area contributed by atoms with Crippen molar-refractivity contribution in [2.75, 3.05) is 44.7 Å². The number of benzene rings is 2. The van der Waals surface area contributed by atoms with Gasteiger partial charge in [0.2, 0.25) is 0 Å². The highest BCUT2D eigenvalue weighted by Crippen LogP contribution is 2.29. The highest BCUT2D eigenvalue weighted by Gasteiger charge is 2.19. The van der Waals surface area contributed by atoms with Gasteiger partial charge in [0.05, 0.1) is 23.3 Å². The Morgan fingerprint density at radius 2 is 1.74 bits per heavy atom. The van der Waals surface area contributed by atoms with Crippen LogP contribution in [0.4, 0.5) is 5.69 Å². The van der Waals surface area contributed by atoms with Gasteiger partial charge in [-0.1, -0.05) is 23.2 Å². The van der Waals surface area contributed by atoms with Gasteiger partial charge in [-0.05, 0) is 41.8 Å². The van der Waals surface area contributed by atoms with E-state index in [0.29, 0.717) is 5.02 Å². The summed E-state index contributed by atoms with van der Waals surface area (Å²) in [6, 6.07) is 14.1. The summed E-state index contributed by atoms with van der Waals surface area (Å²) in [6.45, 7) is 6.01. The van der Waals surface area contributed by atoms with E-state index >= 15 is 0 Å². The smallest absolute Gasteiger partial charge is 0.120 e. The second-order valence-electron chi connectivity index (χ2n) is 6.86. The number of ether oxygens (including phenoxy) is 1. The molecule has 0 amide bonds. The lowest BCUT2D eigenvalue weighted by molar-refractivity contribution is 0.249. The first kappa shape index (κ1) is 18.5. The molecule has 2 heterocycles. The Labute approximate surface area is 169 Å². The summed E-state index contributed by atoms with van der Waals surface area (Å²) in [7, 11) is 1.71. The van der Waals surface area contributed by atoms with Gasteiger partial charge in [0, 0.05) is 56.6 Å². The molecule has 0 atom stereocenters. The van der Waals surface area contributed by atoms with Crippen molar-refractivity contribution in [3.8, 4) is 5.75 Å². The number of fused-ring (bicyclic) bond motifs is 1. The molecule has 142 valence electrons. The number of nitrogens with zero attached hydrogens (tertiary/aromatic N) is 3. The first-order valence-electron chi connectivity index (χ1n) is 9.19. The summed E-state index contributed by atoms with van der Waals surface area (Å²) in [5, 5.41) is 2.65. The van der Waals surface area contributed by atoms with Crippen LogP contribution in [-0.4, -0.2) is 49.3 Å². The van der Waals surface area contributed by atoms with Crippen molar-refractivity contribution in [2.45, 2.75) is 6.54 Å². The summed E-state index contributed by atoms with van der Waals surface area (Å²) in [5.41, 5.74) is 2.30. The fraction of sp³-hybridized carbons (Fsp3) is 0.333. The van der Waals surface area contributed by atoms with Gasteiger partial charge in [0.1, 0.15) is 5.75 Å². The molecule has 0 radical (unpaired) electrons. The summed E-state index contributed by atoms with van der Waals surface area (Å²) in [6.07, 6.45) is 2.16. The standard InChI is InChI=1S/C21H23Cl2N3O/c1-27-18-4-2-16-6-7-25(21(16)15-18)11-8-24-9-12-26(13-10-24)20-5-3-17(22)14-19(20)23/h2-7,14-15H,8-13H2,1H3. The van der Waals surface area contributed by atoms with E-state index in [-0.39, 0.29) is 0 Å². The van der Waals surface area contributed by atoms with E-state index in [1.165, 1.54) is 10.9 Å². The van der Waals surface area contributed by atoms with E-state index in [4.69, 9.17) is 27.9 Å². The average molecular weight is 404 g/mol. The molecule has 6 heteroatoms. The lowest BCUT2D eigenvalue weighted by Gasteiger charge is -2.36. The van der Waals surface area contributed by atoms with Crippen LogP contribution in [0.2, 0.25) is 10.0 Å². The van der Waals surface area contributed by atoms with E-state index in [2.05, 4.69) is 38.8 Å². The Kier molecular flexibility index (Phi) is 5.48. The average Bonchev–Trinajstić information content (AvgIpc) is 3.09. The zero-order valence-electron chi connectivity index (χ0n) is 15.4. The minimum absolute atomic E-state index is 0.679. The van der Waals surface area contributed by atoms with Crippen molar-refractivity contribution in [2.24, 2.45) is 0 Å². The molecule has 0 N–H and O–H groups in total. The molecule has 27 heavy (non-hydrogen) atoms. The van der Waals surface area contributed by atoms with E-state index < -0.39 is 0 Å². The highest BCUT2D eigenvalue weighted by molar-refractivity contribution is 6.36. The normalized spacial score (nSPS) is 15.4. The maximum Gasteiger partial charge on any atom is 0.120 e. The van der Waals surface area contributed by atoms with E-state index in [1.54, 1.807) is 7.11 Å². The number of hydrogen-bond acceptors (Lipinski definition) is 3.